The van der Waals surface area contributed by atoms with Gasteiger partial charge in [-0.25, -0.2) is 9.38 Å². The summed E-state index contributed by atoms with van der Waals surface area (Å²) >= 11 is 0. The van der Waals surface area contributed by atoms with Gasteiger partial charge < -0.3 is 19.4 Å². The van der Waals surface area contributed by atoms with Crippen molar-refractivity contribution in [2.24, 2.45) is 9.98 Å². The lowest BCUT2D eigenvalue weighted by molar-refractivity contribution is -0.132. The van der Waals surface area contributed by atoms with E-state index in [1.54, 1.807) is 26.3 Å². The second-order valence-electron chi connectivity index (χ2n) is 10.7. The Hall–Kier alpha value is -4.46. The van der Waals surface area contributed by atoms with Crippen molar-refractivity contribution in [1.29, 1.82) is 0 Å². The molecule has 1 aliphatic heterocycles. The first-order valence-electron chi connectivity index (χ1n) is 14.8. The number of hydrogen-bond acceptors (Lipinski definition) is 5. The molecule has 0 bridgehead atoms. The first-order chi connectivity index (χ1) is 21.0. The largest absolute Gasteiger partial charge is 0.495 e. The van der Waals surface area contributed by atoms with Gasteiger partial charge in [-0.2, -0.15) is 0 Å². The number of piperazine rings is 1. The summed E-state index contributed by atoms with van der Waals surface area (Å²) in [7, 11) is 7.27. The number of ether oxygens (including phenoxy) is 1. The van der Waals surface area contributed by atoms with Gasteiger partial charge in [0.15, 0.2) is 5.84 Å². The maximum atomic E-state index is 13.0. The molecule has 0 radical (unpaired) electrons. The van der Waals surface area contributed by atoms with Crippen molar-refractivity contribution in [3.63, 3.8) is 0 Å². The molecule has 0 atom stereocenters. The van der Waals surface area contributed by atoms with E-state index in [2.05, 4.69) is 40.2 Å². The molecule has 0 N–H and O–H groups in total. The Kier molecular flexibility index (Phi) is 14.8. The molecule has 0 saturated carbocycles. The van der Waals surface area contributed by atoms with Gasteiger partial charge in [-0.05, 0) is 61.2 Å². The standard InChI is InChI=1S/C19H19FN2.C17H29N3O2/c1-4-5-15-6-8-16(9-7-15)14(2)22-19(21-3)17-10-12-18(20)13-11-17;1-7-17(21)20-10-8-19(9-11-20)16(14(2)3)12-15(22-6)13-18(4)5/h4,6-13H,1,5H2,2-3H3;12-13H,2,7-11H2,1,3-6H3/b;15-13+,16-12+. The Morgan fingerprint density at radius 1 is 1.00 bits per heavy atom. The number of methoxy groups -OCH3 is 1. The number of amides is 1. The molecule has 1 heterocycles. The number of benzene rings is 2. The van der Waals surface area contributed by atoms with E-state index in [0.29, 0.717) is 12.3 Å². The maximum absolute atomic E-state index is 13.0. The van der Waals surface area contributed by atoms with Crippen molar-refractivity contribution >= 4 is 17.5 Å². The highest BCUT2D eigenvalue weighted by Crippen LogP contribution is 2.19. The molecule has 0 spiro atoms. The third-order valence-electron chi connectivity index (χ3n) is 6.95. The Balaban J connectivity index is 0.000000307. The van der Waals surface area contributed by atoms with E-state index in [1.807, 2.05) is 75.2 Å². The van der Waals surface area contributed by atoms with Crippen LogP contribution in [0.2, 0.25) is 0 Å². The van der Waals surface area contributed by atoms with Gasteiger partial charge in [0.2, 0.25) is 5.91 Å². The molecular formula is C36H48FN5O2. The molecule has 1 aliphatic rings. The highest BCUT2D eigenvalue weighted by atomic mass is 19.1. The smallest absolute Gasteiger partial charge is 0.222 e. The molecule has 8 heteroatoms. The molecule has 0 unspecified atom stereocenters. The fourth-order valence-corrected chi connectivity index (χ4v) is 4.56. The van der Waals surface area contributed by atoms with Crippen molar-refractivity contribution < 1.29 is 13.9 Å². The topological polar surface area (TPSA) is 60.7 Å². The molecule has 44 heavy (non-hydrogen) atoms. The third kappa shape index (κ3) is 11.3. The van der Waals surface area contributed by atoms with Gasteiger partial charge in [-0.15, -0.1) is 6.58 Å². The van der Waals surface area contributed by atoms with Gasteiger partial charge in [0.1, 0.15) is 11.6 Å². The van der Waals surface area contributed by atoms with Gasteiger partial charge >= 0.3 is 0 Å². The average Bonchev–Trinajstić information content (AvgIpc) is 3.02. The van der Waals surface area contributed by atoms with Crippen LogP contribution in [0, 0.1) is 5.82 Å². The molecular weight excluding hydrogens is 553 g/mol. The van der Waals surface area contributed by atoms with Crippen molar-refractivity contribution in [2.75, 3.05) is 54.4 Å². The van der Waals surface area contributed by atoms with Crippen LogP contribution in [0.1, 0.15) is 43.9 Å². The van der Waals surface area contributed by atoms with Crippen LogP contribution in [0.3, 0.4) is 0 Å². The van der Waals surface area contributed by atoms with E-state index in [1.165, 1.54) is 17.7 Å². The number of rotatable bonds is 10. The molecule has 0 aliphatic carbocycles. The lowest BCUT2D eigenvalue weighted by Crippen LogP contribution is -2.48. The lowest BCUT2D eigenvalue weighted by atomic mass is 10.1. The van der Waals surface area contributed by atoms with Gasteiger partial charge in [0, 0.05) is 83.0 Å². The van der Waals surface area contributed by atoms with E-state index in [-0.39, 0.29) is 11.7 Å². The first-order valence-corrected chi connectivity index (χ1v) is 14.8. The summed E-state index contributed by atoms with van der Waals surface area (Å²) in [6.45, 7) is 16.8. The highest BCUT2D eigenvalue weighted by Gasteiger charge is 2.22. The van der Waals surface area contributed by atoms with Crippen LogP contribution >= 0.6 is 0 Å². The quantitative estimate of drug-likeness (QED) is 0.103. The summed E-state index contributed by atoms with van der Waals surface area (Å²) in [5.74, 6) is 1.34. The van der Waals surface area contributed by atoms with Crippen molar-refractivity contribution in [3.8, 4) is 0 Å². The van der Waals surface area contributed by atoms with Crippen LogP contribution in [0.5, 0.6) is 0 Å². The SMILES string of the molecule is C=C(C)/C(=C\C(=C/N(C)C)OC)N1CCN(C(=O)CC)CC1.C=CCc1ccc(C(C)=NC(=NC)c2ccc(F)cc2)cc1. The number of hydrogen-bond donors (Lipinski definition) is 0. The van der Waals surface area contributed by atoms with Crippen LogP contribution in [-0.2, 0) is 16.0 Å². The number of carbonyl (C=O) groups excluding carboxylic acids is 1. The molecule has 236 valence electrons. The highest BCUT2D eigenvalue weighted by molar-refractivity contribution is 6.11. The minimum atomic E-state index is -0.266. The van der Waals surface area contributed by atoms with E-state index < -0.39 is 0 Å². The zero-order valence-electron chi connectivity index (χ0n) is 27.4. The molecule has 1 amide bonds. The van der Waals surface area contributed by atoms with E-state index >= 15 is 0 Å². The van der Waals surface area contributed by atoms with Crippen molar-refractivity contribution in [1.82, 2.24) is 14.7 Å². The normalized spacial score (nSPS) is 14.5. The summed E-state index contributed by atoms with van der Waals surface area (Å²) in [6.07, 6.45) is 7.25. The third-order valence-corrected chi connectivity index (χ3v) is 6.95. The van der Waals surface area contributed by atoms with Crippen LogP contribution in [-0.4, -0.2) is 86.6 Å². The van der Waals surface area contributed by atoms with Gasteiger partial charge in [-0.3, -0.25) is 9.79 Å². The van der Waals surface area contributed by atoms with Crippen LogP contribution < -0.4 is 0 Å². The second-order valence-corrected chi connectivity index (χ2v) is 10.7. The zero-order chi connectivity index (χ0) is 32.6. The summed E-state index contributed by atoms with van der Waals surface area (Å²) in [5, 5.41) is 0. The van der Waals surface area contributed by atoms with Gasteiger partial charge in [0.05, 0.1) is 7.11 Å². The fourth-order valence-electron chi connectivity index (χ4n) is 4.56. The minimum Gasteiger partial charge on any atom is -0.495 e. The van der Waals surface area contributed by atoms with Crippen LogP contribution in [0.25, 0.3) is 0 Å². The van der Waals surface area contributed by atoms with E-state index in [4.69, 9.17) is 4.74 Å². The van der Waals surface area contributed by atoms with Crippen molar-refractivity contribution in [2.45, 2.75) is 33.6 Å². The Morgan fingerprint density at radius 3 is 2.05 bits per heavy atom. The number of carbonyl (C=O) groups is 1. The number of allylic oxidation sites excluding steroid dienone is 3. The number of nitrogens with zero attached hydrogens (tertiary/aromatic N) is 5. The van der Waals surface area contributed by atoms with Crippen molar-refractivity contribution in [3.05, 3.63) is 120 Å². The second kappa shape index (κ2) is 18.3. The molecule has 1 fully saturated rings. The van der Waals surface area contributed by atoms with Gasteiger partial charge in [0.25, 0.3) is 0 Å². The number of aliphatic imine (C=N–C) groups is 2. The minimum absolute atomic E-state index is 0.227. The summed E-state index contributed by atoms with van der Waals surface area (Å²) in [6, 6.07) is 14.4. The number of halogens is 1. The summed E-state index contributed by atoms with van der Waals surface area (Å²) in [5.41, 5.74) is 5.99. The Bertz CT molecular complexity index is 1360. The van der Waals surface area contributed by atoms with E-state index in [9.17, 15) is 9.18 Å². The predicted octanol–water partition coefficient (Wildman–Crippen LogP) is 6.49. The molecule has 7 nitrogen and oxygen atoms in total. The lowest BCUT2D eigenvalue weighted by Gasteiger charge is -2.37. The maximum Gasteiger partial charge on any atom is 0.222 e. The van der Waals surface area contributed by atoms with Crippen LogP contribution in [0.4, 0.5) is 4.39 Å². The molecule has 1 saturated heterocycles. The Labute approximate surface area is 263 Å². The summed E-state index contributed by atoms with van der Waals surface area (Å²) < 4.78 is 18.4. The number of amidine groups is 1. The molecule has 2 aromatic rings. The van der Waals surface area contributed by atoms with Crippen LogP contribution in [0.15, 0.2) is 107 Å². The molecule has 2 aromatic carbocycles. The van der Waals surface area contributed by atoms with E-state index in [0.717, 1.165) is 66.5 Å². The Morgan fingerprint density at radius 2 is 1.57 bits per heavy atom. The monoisotopic (exact) mass is 601 g/mol. The zero-order valence-corrected chi connectivity index (χ0v) is 27.4. The average molecular weight is 602 g/mol. The molecule has 0 aromatic heterocycles. The fraction of sp³-hybridized carbons (Fsp3) is 0.361. The predicted molar refractivity (Wildman–Crippen MR) is 182 cm³/mol. The van der Waals surface area contributed by atoms with Gasteiger partial charge in [-0.1, -0.05) is 43.8 Å². The first kappa shape index (κ1) is 35.7. The summed E-state index contributed by atoms with van der Waals surface area (Å²) in [4.78, 5) is 26.7. The molecule has 3 rings (SSSR count).